The predicted molar refractivity (Wildman–Crippen MR) is 518 cm³/mol. The highest BCUT2D eigenvalue weighted by Gasteiger charge is 2.33. The number of methoxy groups -OCH3 is 5. The standard InChI is InChI=1S/C22H21NO5.3C21H19NO5.C20H19NO5/c1-14(2)11-21(24)28-20-12-15(9-10-19(20)26-4)23(3)17-13-22(25)27-18-8-6-5-7-16(17)18;1-22(16-12-20(23)26-17-6-4-3-5-15(16)17)14-9-10-18(25-2)19(11-14)27-21(24)13-7-8-13;1-13(2)21(24)27-19-11-14(9-10-18(19)25-4)22(3)16-12-20(23)26-17-8-6-5-7-15(16)17;1-4-7-20(23)27-19-12-14(10-11-18(19)25-3)22(2)16-13-21(24)26-17-9-6-5-8-15(16)17;1-4-19(22)26-18-11-13(9-10-17(18)24-3)21(2)15-12-20(23)25-16-8-6-5-7-14(15)16/h5-13H,1-4H3;3-6,9-13H,7-8H2,1-2H3;5-12H,1H2,2-4H3;4-13H,1-3H3;5-12H,4H2,1-3H3/b;;;7-4+;. The zero-order valence-corrected chi connectivity index (χ0v) is 76.7. The summed E-state index contributed by atoms with van der Waals surface area (Å²) in [5, 5.41) is 3.99. The molecule has 30 nitrogen and oxygen atoms in total. The molecule has 0 unspecified atom stereocenters. The van der Waals surface area contributed by atoms with Crippen LogP contribution in [0.5, 0.6) is 57.5 Å². The lowest BCUT2D eigenvalue weighted by molar-refractivity contribution is -0.136. The molecule has 692 valence electrons. The molecule has 1 aliphatic carbocycles. The van der Waals surface area contributed by atoms with Crippen molar-refractivity contribution >= 4 is 142 Å². The Labute approximate surface area is 774 Å². The summed E-state index contributed by atoms with van der Waals surface area (Å²) in [6.45, 7) is 12.2. The number of rotatable bonds is 25. The first-order valence-electron chi connectivity index (χ1n) is 42.2. The molecule has 5 aromatic heterocycles. The van der Waals surface area contributed by atoms with Gasteiger partial charge in [0, 0.05) is 175 Å². The smallest absolute Gasteiger partial charge is 0.338 e. The fraction of sp³-hybridized carbons (Fsp3) is 0.181. The molecule has 0 atom stereocenters. The van der Waals surface area contributed by atoms with Gasteiger partial charge in [0.1, 0.15) is 27.9 Å². The number of ether oxygens (including phenoxy) is 10. The van der Waals surface area contributed by atoms with Crippen molar-refractivity contribution in [2.45, 2.75) is 53.9 Å². The third-order valence-corrected chi connectivity index (χ3v) is 20.9. The molecule has 0 saturated heterocycles. The van der Waals surface area contributed by atoms with Crippen molar-refractivity contribution in [3.8, 4) is 57.5 Å². The fourth-order valence-electron chi connectivity index (χ4n) is 13.9. The zero-order valence-electron chi connectivity index (χ0n) is 76.7. The van der Waals surface area contributed by atoms with Crippen molar-refractivity contribution in [3.63, 3.8) is 0 Å². The molecule has 0 radical (unpaired) electrons. The normalized spacial score (nSPS) is 11.2. The van der Waals surface area contributed by atoms with Crippen molar-refractivity contribution in [1.82, 2.24) is 0 Å². The lowest BCUT2D eigenvalue weighted by atomic mass is 10.1. The van der Waals surface area contributed by atoms with E-state index in [-0.39, 0.29) is 41.3 Å². The van der Waals surface area contributed by atoms with Crippen molar-refractivity contribution in [1.29, 1.82) is 0 Å². The van der Waals surface area contributed by atoms with Crippen LogP contribution in [0.4, 0.5) is 56.9 Å². The molecule has 0 N–H and O–H groups in total. The molecule has 135 heavy (non-hydrogen) atoms. The fourth-order valence-corrected chi connectivity index (χ4v) is 13.9. The second kappa shape index (κ2) is 44.4. The first-order chi connectivity index (χ1) is 64.9. The Morgan fingerprint density at radius 3 is 0.837 bits per heavy atom. The molecule has 0 spiro atoms. The van der Waals surface area contributed by atoms with E-state index in [1.165, 1.54) is 78.0 Å². The Morgan fingerprint density at radius 1 is 0.341 bits per heavy atom. The number of benzene rings is 10. The second-order valence-corrected chi connectivity index (χ2v) is 30.5. The van der Waals surface area contributed by atoms with Gasteiger partial charge in [0.25, 0.3) is 0 Å². The number of carbonyl (C=O) groups is 5. The predicted octanol–water partition coefficient (Wildman–Crippen LogP) is 20.3. The Kier molecular flexibility index (Phi) is 31.9. The molecule has 0 bridgehead atoms. The van der Waals surface area contributed by atoms with Crippen LogP contribution in [0.25, 0.3) is 54.8 Å². The van der Waals surface area contributed by atoms with E-state index in [0.717, 1.165) is 68.1 Å². The number of nitrogens with zero attached hydrogens (tertiary/aromatic N) is 5. The van der Waals surface area contributed by atoms with Crippen molar-refractivity contribution in [3.05, 3.63) is 331 Å². The molecule has 30 heteroatoms. The van der Waals surface area contributed by atoms with E-state index in [9.17, 15) is 47.9 Å². The van der Waals surface area contributed by atoms with Gasteiger partial charge in [-0.25, -0.2) is 38.4 Å². The molecule has 0 amide bonds. The Bertz CT molecular complexity index is 7340. The first-order valence-corrected chi connectivity index (χ1v) is 42.2. The number of para-hydroxylation sites is 5. The first kappa shape index (κ1) is 96.9. The minimum absolute atomic E-state index is 0.0150. The van der Waals surface area contributed by atoms with Gasteiger partial charge in [-0.05, 0) is 162 Å². The van der Waals surface area contributed by atoms with E-state index in [0.29, 0.717) is 108 Å². The van der Waals surface area contributed by atoms with E-state index in [1.807, 2.05) is 177 Å². The highest BCUT2D eigenvalue weighted by atomic mass is 16.6. The van der Waals surface area contributed by atoms with Crippen LogP contribution in [-0.4, -0.2) is 101 Å². The maximum Gasteiger partial charge on any atom is 0.338 e. The zero-order chi connectivity index (χ0) is 96.8. The topological polar surface area (TPSA) is 345 Å². The van der Waals surface area contributed by atoms with Gasteiger partial charge in [-0.1, -0.05) is 85.8 Å². The van der Waals surface area contributed by atoms with Crippen molar-refractivity contribution in [2.24, 2.45) is 5.92 Å². The number of carbonyl (C=O) groups excluding carboxylic acids is 5. The third kappa shape index (κ3) is 24.1. The quantitative estimate of drug-likeness (QED) is 0.0222. The summed E-state index contributed by atoms with van der Waals surface area (Å²) in [4.78, 5) is 128. The number of anilines is 10. The summed E-state index contributed by atoms with van der Waals surface area (Å²) in [5.74, 6) is 1.64. The van der Waals surface area contributed by atoms with Gasteiger partial charge in [-0.15, -0.1) is 0 Å². The van der Waals surface area contributed by atoms with E-state index in [1.54, 1.807) is 136 Å². The molecule has 10 aromatic carbocycles. The number of esters is 5. The van der Waals surface area contributed by atoms with Crippen LogP contribution in [0.1, 0.15) is 53.9 Å². The van der Waals surface area contributed by atoms with Crippen LogP contribution >= 0.6 is 0 Å². The van der Waals surface area contributed by atoms with Crippen molar-refractivity contribution in [2.75, 3.05) is 95.3 Å². The van der Waals surface area contributed by atoms with Gasteiger partial charge in [-0.3, -0.25) is 9.59 Å². The van der Waals surface area contributed by atoms with Gasteiger partial charge >= 0.3 is 58.0 Å². The molecular formula is C105H97N5O25. The monoisotopic (exact) mass is 1830 g/mol. The summed E-state index contributed by atoms with van der Waals surface area (Å²) >= 11 is 0. The number of allylic oxidation sites excluding steroid dienone is 2. The molecule has 15 aromatic rings. The van der Waals surface area contributed by atoms with E-state index in [4.69, 9.17) is 69.5 Å². The van der Waals surface area contributed by atoms with E-state index >= 15 is 0 Å². The minimum atomic E-state index is -0.543. The lowest BCUT2D eigenvalue weighted by Gasteiger charge is -2.22. The van der Waals surface area contributed by atoms with Crippen LogP contribution in [0.15, 0.2) is 325 Å². The summed E-state index contributed by atoms with van der Waals surface area (Å²) in [6, 6.07) is 69.9. The van der Waals surface area contributed by atoms with Gasteiger partial charge in [-0.2, -0.15) is 0 Å². The molecule has 16 rings (SSSR count). The third-order valence-electron chi connectivity index (χ3n) is 20.9. The van der Waals surface area contributed by atoms with Crippen LogP contribution in [-0.2, 0) is 24.0 Å². The van der Waals surface area contributed by atoms with Crippen LogP contribution in [0, 0.1) is 5.92 Å². The summed E-state index contributed by atoms with van der Waals surface area (Å²) in [6.07, 6.45) is 6.32. The highest BCUT2D eigenvalue weighted by Crippen LogP contribution is 2.44. The average molecular weight is 1830 g/mol. The van der Waals surface area contributed by atoms with Crippen molar-refractivity contribution < 1.29 is 93.4 Å². The van der Waals surface area contributed by atoms with E-state index in [2.05, 4.69) is 6.58 Å². The molecular weight excluding hydrogens is 1730 g/mol. The SMILES string of the molecule is C/C=C/C(=O)Oc1cc(N(C)c2cc(=O)oc3ccccc23)ccc1OC.C=C(C)C(=O)Oc1cc(N(C)c2cc(=O)oc3ccccc23)ccc1OC.CCC(=O)Oc1cc(N(C)c2cc(=O)oc3ccccc23)ccc1OC.COc1ccc(N(C)c2cc(=O)oc3ccccc23)cc1OC(=O)C1CC1.COc1ccc(N(C)c2cc(=O)oc3ccccc23)cc1OC(=O)C=C(C)C. The Morgan fingerprint density at radius 2 is 0.593 bits per heavy atom. The van der Waals surface area contributed by atoms with Gasteiger partial charge in [0.15, 0.2) is 57.5 Å². The van der Waals surface area contributed by atoms with Crippen LogP contribution in [0.2, 0.25) is 0 Å². The van der Waals surface area contributed by atoms with Crippen LogP contribution in [0.3, 0.4) is 0 Å². The summed E-state index contributed by atoms with van der Waals surface area (Å²) < 4.78 is 79.7. The molecule has 5 heterocycles. The Balaban J connectivity index is 0.000000152. The number of fused-ring (bicyclic) bond motifs is 5. The van der Waals surface area contributed by atoms with E-state index < -0.39 is 46.0 Å². The minimum Gasteiger partial charge on any atom is -0.493 e. The molecule has 1 saturated carbocycles. The Hall–Kier alpha value is -17.2. The highest BCUT2D eigenvalue weighted by molar-refractivity contribution is 5.98. The summed E-state index contributed by atoms with van der Waals surface area (Å²) in [7, 11) is 16.7. The number of hydrogen-bond donors (Lipinski definition) is 0. The average Bonchev–Trinajstić information content (AvgIpc) is 1.61. The molecule has 1 aliphatic rings. The van der Waals surface area contributed by atoms with Crippen LogP contribution < -0.4 is 100.0 Å². The largest absolute Gasteiger partial charge is 0.493 e. The molecule has 1 fully saturated rings. The maximum atomic E-state index is 12.1. The maximum absolute atomic E-state index is 12.1. The number of hydrogen-bond acceptors (Lipinski definition) is 30. The molecule has 0 aliphatic heterocycles. The second-order valence-electron chi connectivity index (χ2n) is 30.5. The summed E-state index contributed by atoms with van der Waals surface area (Å²) in [5.41, 5.74) is 8.49. The van der Waals surface area contributed by atoms with Gasteiger partial charge < -0.3 is 94.0 Å². The lowest BCUT2D eigenvalue weighted by Crippen LogP contribution is -2.14. The van der Waals surface area contributed by atoms with Gasteiger partial charge in [0.05, 0.1) is 69.9 Å². The van der Waals surface area contributed by atoms with Gasteiger partial charge in [0.2, 0.25) is 0 Å².